The Bertz CT molecular complexity index is 191. The van der Waals surface area contributed by atoms with Crippen LogP contribution in [-0.2, 0) is 4.74 Å². The molecule has 1 heterocycles. The largest absolute Gasteiger partial charge is 0.499 e. The van der Waals surface area contributed by atoms with E-state index in [2.05, 4.69) is 11.9 Å². The van der Waals surface area contributed by atoms with E-state index in [1.54, 1.807) is 19.1 Å². The van der Waals surface area contributed by atoms with E-state index in [0.717, 1.165) is 0 Å². The quantitative estimate of drug-likeness (QED) is 0.579. The minimum absolute atomic E-state index is 0.0208. The van der Waals surface area contributed by atoms with Gasteiger partial charge in [0.2, 0.25) is 0 Å². The standard InChI is InChI=1S/C7H12N2O2/c1-5(11-3)6-4-8-7(10)9(6)2/h6H,1,4H2,2-3H3,(H,8,10)/t6-/m1/s1. The van der Waals surface area contributed by atoms with Gasteiger partial charge >= 0.3 is 6.03 Å². The molecule has 2 amide bonds. The van der Waals surface area contributed by atoms with Crippen LogP contribution in [0.15, 0.2) is 12.3 Å². The second-order valence-electron chi connectivity index (χ2n) is 2.48. The lowest BCUT2D eigenvalue weighted by molar-refractivity contribution is 0.196. The zero-order valence-corrected chi connectivity index (χ0v) is 6.76. The molecule has 62 valence electrons. The second-order valence-corrected chi connectivity index (χ2v) is 2.48. The predicted octanol–water partition coefficient (Wildman–Crippen LogP) is 0.170. The van der Waals surface area contributed by atoms with Gasteiger partial charge in [-0.15, -0.1) is 0 Å². The molecule has 0 unspecified atom stereocenters. The van der Waals surface area contributed by atoms with Gasteiger partial charge in [0.05, 0.1) is 7.11 Å². The van der Waals surface area contributed by atoms with Gasteiger partial charge in [-0.1, -0.05) is 6.58 Å². The Kier molecular flexibility index (Phi) is 2.03. The fourth-order valence-corrected chi connectivity index (χ4v) is 1.05. The van der Waals surface area contributed by atoms with E-state index in [-0.39, 0.29) is 12.1 Å². The summed E-state index contributed by atoms with van der Waals surface area (Å²) in [7, 11) is 3.27. The molecule has 1 fully saturated rings. The second kappa shape index (κ2) is 2.82. The fourth-order valence-electron chi connectivity index (χ4n) is 1.05. The van der Waals surface area contributed by atoms with Crippen molar-refractivity contribution in [1.29, 1.82) is 0 Å². The molecule has 0 saturated carbocycles. The third kappa shape index (κ3) is 1.29. The smallest absolute Gasteiger partial charge is 0.317 e. The molecule has 1 aliphatic heterocycles. The molecule has 1 atom stereocenters. The number of hydrogen-bond donors (Lipinski definition) is 1. The zero-order valence-electron chi connectivity index (χ0n) is 6.76. The van der Waals surface area contributed by atoms with Crippen LogP contribution < -0.4 is 5.32 Å². The lowest BCUT2D eigenvalue weighted by atomic mass is 10.2. The van der Waals surface area contributed by atoms with Crippen LogP contribution >= 0.6 is 0 Å². The number of nitrogens with zero attached hydrogens (tertiary/aromatic N) is 1. The number of carbonyl (C=O) groups is 1. The van der Waals surface area contributed by atoms with Gasteiger partial charge in [-0.2, -0.15) is 0 Å². The van der Waals surface area contributed by atoms with Crippen LogP contribution in [0.25, 0.3) is 0 Å². The van der Waals surface area contributed by atoms with Gasteiger partial charge in [0.25, 0.3) is 0 Å². The number of rotatable bonds is 2. The molecule has 0 aromatic heterocycles. The van der Waals surface area contributed by atoms with Crippen LogP contribution in [0.4, 0.5) is 4.79 Å². The zero-order chi connectivity index (χ0) is 8.43. The van der Waals surface area contributed by atoms with Crippen LogP contribution in [0.2, 0.25) is 0 Å². The first-order valence-electron chi connectivity index (χ1n) is 3.40. The van der Waals surface area contributed by atoms with E-state index in [1.165, 1.54) is 0 Å². The Morgan fingerprint density at radius 2 is 2.55 bits per heavy atom. The van der Waals surface area contributed by atoms with Gasteiger partial charge in [-0.05, 0) is 0 Å². The minimum Gasteiger partial charge on any atom is -0.499 e. The van der Waals surface area contributed by atoms with Gasteiger partial charge in [-0.3, -0.25) is 0 Å². The molecule has 0 bridgehead atoms. The number of ether oxygens (including phenoxy) is 1. The minimum atomic E-state index is -0.0757. The van der Waals surface area contributed by atoms with Crippen molar-refractivity contribution in [2.24, 2.45) is 0 Å². The third-order valence-electron chi connectivity index (χ3n) is 1.87. The molecule has 4 heteroatoms. The summed E-state index contributed by atoms with van der Waals surface area (Å²) < 4.78 is 4.92. The van der Waals surface area contributed by atoms with Gasteiger partial charge in [0.15, 0.2) is 0 Å². The molecule has 1 N–H and O–H groups in total. The van der Waals surface area contributed by atoms with Crippen LogP contribution in [0.1, 0.15) is 0 Å². The molecule has 0 aliphatic carbocycles. The summed E-state index contributed by atoms with van der Waals surface area (Å²) in [5.41, 5.74) is 0. The number of likely N-dealkylation sites (N-methyl/N-ethyl adjacent to an activating group) is 1. The fraction of sp³-hybridized carbons (Fsp3) is 0.571. The van der Waals surface area contributed by atoms with Crippen molar-refractivity contribution in [3.05, 3.63) is 12.3 Å². The summed E-state index contributed by atoms with van der Waals surface area (Å²) in [5, 5.41) is 2.68. The van der Waals surface area contributed by atoms with Crippen LogP contribution in [0.3, 0.4) is 0 Å². The molecule has 4 nitrogen and oxygen atoms in total. The Morgan fingerprint density at radius 1 is 1.91 bits per heavy atom. The highest BCUT2D eigenvalue weighted by molar-refractivity contribution is 5.77. The van der Waals surface area contributed by atoms with Gasteiger partial charge in [0, 0.05) is 13.6 Å². The van der Waals surface area contributed by atoms with Gasteiger partial charge in [-0.25, -0.2) is 4.79 Å². The number of nitrogens with one attached hydrogen (secondary N) is 1. The van der Waals surface area contributed by atoms with Crippen molar-refractivity contribution in [3.63, 3.8) is 0 Å². The van der Waals surface area contributed by atoms with Crippen molar-refractivity contribution in [3.8, 4) is 0 Å². The summed E-state index contributed by atoms with van der Waals surface area (Å²) in [5.74, 6) is 0.617. The Balaban J connectivity index is 2.61. The highest BCUT2D eigenvalue weighted by atomic mass is 16.5. The average Bonchev–Trinajstić information content (AvgIpc) is 2.32. The van der Waals surface area contributed by atoms with Crippen molar-refractivity contribution >= 4 is 6.03 Å². The normalized spacial score (nSPS) is 23.3. The van der Waals surface area contributed by atoms with Gasteiger partial charge < -0.3 is 15.0 Å². The summed E-state index contributed by atoms with van der Waals surface area (Å²) in [6, 6.07) is -0.0966. The van der Waals surface area contributed by atoms with Crippen LogP contribution in [0.5, 0.6) is 0 Å². The van der Waals surface area contributed by atoms with Crippen molar-refractivity contribution < 1.29 is 9.53 Å². The Hall–Kier alpha value is -1.19. The van der Waals surface area contributed by atoms with Crippen LogP contribution in [0, 0.1) is 0 Å². The molecule has 0 spiro atoms. The van der Waals surface area contributed by atoms with E-state index >= 15 is 0 Å². The number of methoxy groups -OCH3 is 1. The first-order chi connectivity index (χ1) is 5.16. The third-order valence-corrected chi connectivity index (χ3v) is 1.87. The highest BCUT2D eigenvalue weighted by Gasteiger charge is 2.29. The lowest BCUT2D eigenvalue weighted by Crippen LogP contribution is -2.31. The molecule has 0 aromatic carbocycles. The molecule has 1 aliphatic rings. The van der Waals surface area contributed by atoms with Gasteiger partial charge in [0.1, 0.15) is 11.8 Å². The topological polar surface area (TPSA) is 41.6 Å². The Morgan fingerprint density at radius 3 is 2.91 bits per heavy atom. The number of urea groups is 1. The SMILES string of the molecule is C=C(OC)[C@H]1CNC(=O)N1C. The first-order valence-corrected chi connectivity index (χ1v) is 3.40. The van der Waals surface area contributed by atoms with Crippen molar-refractivity contribution in [2.45, 2.75) is 6.04 Å². The highest BCUT2D eigenvalue weighted by Crippen LogP contribution is 2.11. The Labute approximate surface area is 65.8 Å². The van der Waals surface area contributed by atoms with Crippen molar-refractivity contribution in [1.82, 2.24) is 10.2 Å². The van der Waals surface area contributed by atoms with E-state index in [0.29, 0.717) is 12.3 Å². The molecule has 1 rings (SSSR count). The summed E-state index contributed by atoms with van der Waals surface area (Å²) in [6.45, 7) is 4.27. The number of carbonyl (C=O) groups excluding carboxylic acids is 1. The molecule has 0 radical (unpaired) electrons. The molecule has 11 heavy (non-hydrogen) atoms. The number of hydrogen-bond acceptors (Lipinski definition) is 2. The van der Waals surface area contributed by atoms with Crippen LogP contribution in [-0.4, -0.2) is 37.7 Å². The predicted molar refractivity (Wildman–Crippen MR) is 41.1 cm³/mol. The summed E-state index contributed by atoms with van der Waals surface area (Å²) >= 11 is 0. The maximum absolute atomic E-state index is 10.9. The summed E-state index contributed by atoms with van der Waals surface area (Å²) in [4.78, 5) is 12.5. The maximum Gasteiger partial charge on any atom is 0.317 e. The average molecular weight is 156 g/mol. The lowest BCUT2D eigenvalue weighted by Gasteiger charge is -2.18. The van der Waals surface area contributed by atoms with E-state index in [9.17, 15) is 4.79 Å². The first kappa shape index (κ1) is 7.91. The van der Waals surface area contributed by atoms with E-state index < -0.39 is 0 Å². The number of amides is 2. The molecule has 1 saturated heterocycles. The molecular weight excluding hydrogens is 144 g/mol. The van der Waals surface area contributed by atoms with E-state index in [4.69, 9.17) is 4.74 Å². The maximum atomic E-state index is 10.9. The van der Waals surface area contributed by atoms with Crippen molar-refractivity contribution in [2.75, 3.05) is 20.7 Å². The molecule has 0 aromatic rings. The molecular formula is C7H12N2O2. The summed E-state index contributed by atoms with van der Waals surface area (Å²) in [6.07, 6.45) is 0. The monoisotopic (exact) mass is 156 g/mol. The van der Waals surface area contributed by atoms with E-state index in [1.807, 2.05) is 0 Å².